The highest BCUT2D eigenvalue weighted by Gasteiger charge is 2.02. The minimum Gasteiger partial charge on any atom is -0.492 e. The van der Waals surface area contributed by atoms with Crippen LogP contribution < -0.4 is 10.1 Å². The van der Waals surface area contributed by atoms with Gasteiger partial charge in [-0.15, -0.1) is 0 Å². The summed E-state index contributed by atoms with van der Waals surface area (Å²) in [7, 11) is 0. The van der Waals surface area contributed by atoms with Gasteiger partial charge in [0.1, 0.15) is 12.4 Å². The SMILES string of the molecule is CCCCCCCCCNC(C)COc1ccc(C)cc1. The standard InChI is InChI=1S/C19H33NO/c1-4-5-6-7-8-9-10-15-20-18(3)16-21-19-13-11-17(2)12-14-19/h11-14,18,20H,4-10,15-16H2,1-3H3. The molecule has 1 atom stereocenters. The Kier molecular flexibility index (Phi) is 9.98. The summed E-state index contributed by atoms with van der Waals surface area (Å²) in [5, 5.41) is 3.54. The van der Waals surface area contributed by atoms with Crippen LogP contribution in [0.3, 0.4) is 0 Å². The molecule has 1 rings (SSSR count). The molecule has 0 bridgehead atoms. The molecule has 2 nitrogen and oxygen atoms in total. The van der Waals surface area contributed by atoms with E-state index in [4.69, 9.17) is 4.74 Å². The molecule has 0 heterocycles. The van der Waals surface area contributed by atoms with Gasteiger partial charge in [-0.25, -0.2) is 0 Å². The molecule has 1 aromatic rings. The van der Waals surface area contributed by atoms with Gasteiger partial charge in [-0.1, -0.05) is 63.1 Å². The zero-order valence-corrected chi connectivity index (χ0v) is 14.2. The minimum atomic E-state index is 0.409. The summed E-state index contributed by atoms with van der Waals surface area (Å²) in [5.41, 5.74) is 1.27. The highest BCUT2D eigenvalue weighted by atomic mass is 16.5. The van der Waals surface area contributed by atoms with Gasteiger partial charge in [0.05, 0.1) is 0 Å². The van der Waals surface area contributed by atoms with Crippen LogP contribution >= 0.6 is 0 Å². The second-order valence-corrected chi connectivity index (χ2v) is 6.10. The number of hydrogen-bond acceptors (Lipinski definition) is 2. The molecule has 2 heteroatoms. The number of rotatable bonds is 12. The summed E-state index contributed by atoms with van der Waals surface area (Å²) < 4.78 is 5.78. The maximum absolute atomic E-state index is 5.78. The molecule has 1 aromatic carbocycles. The molecule has 0 aromatic heterocycles. The molecule has 0 radical (unpaired) electrons. The van der Waals surface area contributed by atoms with E-state index in [2.05, 4.69) is 38.2 Å². The fourth-order valence-corrected chi connectivity index (χ4v) is 2.35. The first-order valence-corrected chi connectivity index (χ1v) is 8.65. The predicted octanol–water partition coefficient (Wildman–Crippen LogP) is 5.10. The summed E-state index contributed by atoms with van der Waals surface area (Å²) in [4.78, 5) is 0. The van der Waals surface area contributed by atoms with E-state index in [1.54, 1.807) is 0 Å². The zero-order valence-electron chi connectivity index (χ0n) is 14.2. The minimum absolute atomic E-state index is 0.409. The van der Waals surface area contributed by atoms with E-state index in [1.807, 2.05) is 12.1 Å². The smallest absolute Gasteiger partial charge is 0.119 e. The van der Waals surface area contributed by atoms with Gasteiger partial charge in [-0.3, -0.25) is 0 Å². The van der Waals surface area contributed by atoms with Crippen LogP contribution in [-0.2, 0) is 0 Å². The van der Waals surface area contributed by atoms with Crippen molar-refractivity contribution >= 4 is 0 Å². The highest BCUT2D eigenvalue weighted by Crippen LogP contribution is 2.11. The Labute approximate surface area is 131 Å². The summed E-state index contributed by atoms with van der Waals surface area (Å²) >= 11 is 0. The lowest BCUT2D eigenvalue weighted by atomic mass is 10.1. The van der Waals surface area contributed by atoms with Crippen molar-refractivity contribution in [3.8, 4) is 5.75 Å². The van der Waals surface area contributed by atoms with Gasteiger partial charge in [-0.2, -0.15) is 0 Å². The van der Waals surface area contributed by atoms with Gasteiger partial charge in [0.25, 0.3) is 0 Å². The Balaban J connectivity index is 1.96. The molecule has 0 aliphatic heterocycles. The Bertz CT molecular complexity index is 347. The molecule has 0 saturated carbocycles. The van der Waals surface area contributed by atoms with Crippen molar-refractivity contribution in [2.75, 3.05) is 13.2 Å². The number of benzene rings is 1. The zero-order chi connectivity index (χ0) is 15.3. The predicted molar refractivity (Wildman–Crippen MR) is 92.1 cm³/mol. The van der Waals surface area contributed by atoms with Crippen molar-refractivity contribution in [3.63, 3.8) is 0 Å². The lowest BCUT2D eigenvalue weighted by Crippen LogP contribution is -2.32. The van der Waals surface area contributed by atoms with Crippen molar-refractivity contribution in [1.82, 2.24) is 5.32 Å². The lowest BCUT2D eigenvalue weighted by molar-refractivity contribution is 0.272. The van der Waals surface area contributed by atoms with Gasteiger partial charge in [0.2, 0.25) is 0 Å². The lowest BCUT2D eigenvalue weighted by Gasteiger charge is -2.15. The molecule has 0 fully saturated rings. The van der Waals surface area contributed by atoms with Crippen molar-refractivity contribution in [3.05, 3.63) is 29.8 Å². The maximum Gasteiger partial charge on any atom is 0.119 e. The molecule has 120 valence electrons. The molecule has 0 amide bonds. The molecular weight excluding hydrogens is 258 g/mol. The fourth-order valence-electron chi connectivity index (χ4n) is 2.35. The number of ether oxygens (including phenoxy) is 1. The van der Waals surface area contributed by atoms with E-state index < -0.39 is 0 Å². The van der Waals surface area contributed by atoms with Crippen LogP contribution in [-0.4, -0.2) is 19.2 Å². The molecule has 0 spiro atoms. The van der Waals surface area contributed by atoms with Crippen molar-refractivity contribution in [1.29, 1.82) is 0 Å². The van der Waals surface area contributed by atoms with Crippen molar-refractivity contribution in [2.24, 2.45) is 0 Å². The molecule has 0 aliphatic rings. The average molecular weight is 291 g/mol. The third kappa shape index (κ3) is 9.52. The Hall–Kier alpha value is -1.02. The van der Waals surface area contributed by atoms with Crippen LogP contribution in [0.2, 0.25) is 0 Å². The molecular formula is C19H33NO. The van der Waals surface area contributed by atoms with Crippen LogP contribution in [0.5, 0.6) is 5.75 Å². The molecule has 0 aliphatic carbocycles. The Morgan fingerprint density at radius 3 is 2.24 bits per heavy atom. The first-order valence-electron chi connectivity index (χ1n) is 8.65. The maximum atomic E-state index is 5.78. The third-order valence-corrected chi connectivity index (χ3v) is 3.79. The molecule has 1 unspecified atom stereocenters. The molecule has 0 saturated heterocycles. The number of nitrogens with one attached hydrogen (secondary N) is 1. The monoisotopic (exact) mass is 291 g/mol. The van der Waals surface area contributed by atoms with Crippen LogP contribution in [0.15, 0.2) is 24.3 Å². The van der Waals surface area contributed by atoms with Gasteiger partial charge in [0, 0.05) is 6.04 Å². The Morgan fingerprint density at radius 1 is 0.952 bits per heavy atom. The third-order valence-electron chi connectivity index (χ3n) is 3.79. The van der Waals surface area contributed by atoms with Gasteiger partial charge < -0.3 is 10.1 Å². The summed E-state index contributed by atoms with van der Waals surface area (Å²) in [6.07, 6.45) is 9.55. The van der Waals surface area contributed by atoms with Gasteiger partial charge in [0.15, 0.2) is 0 Å². The topological polar surface area (TPSA) is 21.3 Å². The van der Waals surface area contributed by atoms with E-state index in [0.29, 0.717) is 6.04 Å². The Morgan fingerprint density at radius 2 is 1.57 bits per heavy atom. The van der Waals surface area contributed by atoms with E-state index in [9.17, 15) is 0 Å². The van der Waals surface area contributed by atoms with Crippen molar-refractivity contribution in [2.45, 2.75) is 71.8 Å². The second-order valence-electron chi connectivity index (χ2n) is 6.10. The first kappa shape index (κ1) is 18.0. The van der Waals surface area contributed by atoms with E-state index in [-0.39, 0.29) is 0 Å². The largest absolute Gasteiger partial charge is 0.492 e. The quantitative estimate of drug-likeness (QED) is 0.541. The van der Waals surface area contributed by atoms with Gasteiger partial charge >= 0.3 is 0 Å². The number of aryl methyl sites for hydroxylation is 1. The summed E-state index contributed by atoms with van der Waals surface area (Å²) in [6, 6.07) is 8.67. The molecule has 1 N–H and O–H groups in total. The van der Waals surface area contributed by atoms with E-state index in [1.165, 1.54) is 50.5 Å². The normalized spacial score (nSPS) is 12.3. The molecule has 21 heavy (non-hydrogen) atoms. The highest BCUT2D eigenvalue weighted by molar-refractivity contribution is 5.26. The first-order chi connectivity index (χ1) is 10.2. The van der Waals surface area contributed by atoms with E-state index >= 15 is 0 Å². The van der Waals surface area contributed by atoms with Crippen LogP contribution in [0.4, 0.5) is 0 Å². The van der Waals surface area contributed by atoms with Crippen LogP contribution in [0.25, 0.3) is 0 Å². The van der Waals surface area contributed by atoms with Crippen molar-refractivity contribution < 1.29 is 4.74 Å². The number of unbranched alkanes of at least 4 members (excludes halogenated alkanes) is 6. The average Bonchev–Trinajstić information content (AvgIpc) is 2.49. The van der Waals surface area contributed by atoms with Crippen LogP contribution in [0, 0.1) is 6.92 Å². The second kappa shape index (κ2) is 11.6. The van der Waals surface area contributed by atoms with Crippen LogP contribution in [0.1, 0.15) is 64.4 Å². The summed E-state index contributed by atoms with van der Waals surface area (Å²) in [5.74, 6) is 0.963. The van der Waals surface area contributed by atoms with E-state index in [0.717, 1.165) is 18.9 Å². The fraction of sp³-hybridized carbons (Fsp3) is 0.684. The number of hydrogen-bond donors (Lipinski definition) is 1. The summed E-state index contributed by atoms with van der Waals surface area (Å²) in [6.45, 7) is 8.39. The van der Waals surface area contributed by atoms with Gasteiger partial charge in [-0.05, 0) is 38.9 Å².